The molecule has 0 radical (unpaired) electrons. The van der Waals surface area contributed by atoms with Gasteiger partial charge in [-0.25, -0.2) is 13.6 Å². The van der Waals surface area contributed by atoms with Crippen LogP contribution in [0, 0.1) is 17.6 Å². The Morgan fingerprint density at radius 1 is 1.18 bits per heavy atom. The van der Waals surface area contributed by atoms with Gasteiger partial charge in [0.1, 0.15) is 17.5 Å². The molecule has 0 bridgehead atoms. The van der Waals surface area contributed by atoms with Gasteiger partial charge < -0.3 is 14.7 Å². The number of aromatic nitrogens is 2. The predicted molar refractivity (Wildman–Crippen MR) is 178 cm³/mol. The van der Waals surface area contributed by atoms with E-state index in [0.29, 0.717) is 69.5 Å². The van der Waals surface area contributed by atoms with Crippen LogP contribution in [0.5, 0.6) is 0 Å². The normalized spacial score (nSPS) is 23.6. The summed E-state index contributed by atoms with van der Waals surface area (Å²) in [5.41, 5.74) is 0.990. The van der Waals surface area contributed by atoms with E-state index in [1.54, 1.807) is 27.3 Å². The summed E-state index contributed by atoms with van der Waals surface area (Å²) in [6, 6.07) is 5.66. The molecular formula is C34H40ClF2N5O2S. The summed E-state index contributed by atoms with van der Waals surface area (Å²) in [4.78, 5) is 38.1. The standard InChI is InChI=1S/C34H40ClF2N5O2S/c1-5-23-14-20(3)17-39(23)11-7-8-24-19-45-32-30(25-10-9-22(36)15-28(25)37)27(35)16-26-31(32)42(24)34(44)38-33(26)41-13-12-40(18-21(41)4)29(43)6-2/h6,9-10,15-16,20-21,23-24H,2,5,7-8,11-14,17-19H2,1,3-4H3/t20?,21-,23+,24-/m0/s1. The van der Waals surface area contributed by atoms with Crippen molar-refractivity contribution < 1.29 is 13.6 Å². The second-order valence-electron chi connectivity index (χ2n) is 12.7. The van der Waals surface area contributed by atoms with Crippen LogP contribution in [0.4, 0.5) is 14.6 Å². The minimum absolute atomic E-state index is 0.0919. The third-order valence-electron chi connectivity index (χ3n) is 9.66. The zero-order chi connectivity index (χ0) is 32.0. The van der Waals surface area contributed by atoms with Gasteiger partial charge in [0.15, 0.2) is 0 Å². The largest absolute Gasteiger partial charge is 0.350 e. The number of hydrogen-bond donors (Lipinski definition) is 0. The highest BCUT2D eigenvalue weighted by Gasteiger charge is 2.34. The number of carbonyl (C=O) groups excluding carboxylic acids is 1. The van der Waals surface area contributed by atoms with E-state index < -0.39 is 11.6 Å². The summed E-state index contributed by atoms with van der Waals surface area (Å²) >= 11 is 8.50. The molecule has 3 aliphatic rings. The average Bonchev–Trinajstić information content (AvgIpc) is 3.38. The number of nitrogens with zero attached hydrogens (tertiary/aromatic N) is 5. The highest BCUT2D eigenvalue weighted by atomic mass is 35.5. The summed E-state index contributed by atoms with van der Waals surface area (Å²) in [5, 5.41) is 1.02. The third-order valence-corrected chi connectivity index (χ3v) is 11.2. The molecule has 3 aliphatic heterocycles. The maximum Gasteiger partial charge on any atom is 0.350 e. The summed E-state index contributed by atoms with van der Waals surface area (Å²) in [7, 11) is 0. The molecule has 7 nitrogen and oxygen atoms in total. The van der Waals surface area contributed by atoms with Crippen molar-refractivity contribution in [2.24, 2.45) is 5.92 Å². The lowest BCUT2D eigenvalue weighted by Crippen LogP contribution is -2.54. The molecule has 2 aromatic carbocycles. The average molecular weight is 656 g/mol. The van der Waals surface area contributed by atoms with Gasteiger partial charge in [0.25, 0.3) is 0 Å². The van der Waals surface area contributed by atoms with E-state index in [1.165, 1.54) is 24.6 Å². The summed E-state index contributed by atoms with van der Waals surface area (Å²) in [5.74, 6) is 0.315. The van der Waals surface area contributed by atoms with Crippen molar-refractivity contribution in [2.45, 2.75) is 69.5 Å². The number of halogens is 3. The number of benzene rings is 2. The van der Waals surface area contributed by atoms with E-state index in [9.17, 15) is 14.0 Å². The fourth-order valence-electron chi connectivity index (χ4n) is 7.50. The quantitative estimate of drug-likeness (QED) is 0.250. The minimum Gasteiger partial charge on any atom is -0.350 e. The number of hydrogen-bond acceptors (Lipinski definition) is 6. The Hall–Kier alpha value is -2.95. The number of carbonyl (C=O) groups is 1. The first kappa shape index (κ1) is 32.0. The van der Waals surface area contributed by atoms with Crippen LogP contribution in [0.3, 0.4) is 0 Å². The maximum atomic E-state index is 15.2. The second-order valence-corrected chi connectivity index (χ2v) is 14.1. The van der Waals surface area contributed by atoms with Gasteiger partial charge in [-0.1, -0.05) is 32.0 Å². The number of likely N-dealkylation sites (tertiary alicyclic amines) is 1. The first-order valence-corrected chi connectivity index (χ1v) is 17.3. The molecular weight excluding hydrogens is 616 g/mol. The molecule has 0 saturated carbocycles. The molecule has 1 amide bonds. The van der Waals surface area contributed by atoms with E-state index in [0.717, 1.165) is 38.4 Å². The number of rotatable bonds is 8. The molecule has 3 aromatic rings. The van der Waals surface area contributed by atoms with Crippen LogP contribution in [0.25, 0.3) is 22.0 Å². The Labute approximate surface area is 272 Å². The molecule has 1 aromatic heterocycles. The van der Waals surface area contributed by atoms with Gasteiger partial charge in [-0.2, -0.15) is 4.98 Å². The molecule has 240 valence electrons. The Balaban J connectivity index is 1.43. The Kier molecular flexibility index (Phi) is 9.28. The smallest absolute Gasteiger partial charge is 0.350 e. The highest BCUT2D eigenvalue weighted by molar-refractivity contribution is 7.99. The Morgan fingerprint density at radius 3 is 2.69 bits per heavy atom. The van der Waals surface area contributed by atoms with Crippen LogP contribution in [0.1, 0.15) is 52.5 Å². The van der Waals surface area contributed by atoms with Crippen molar-refractivity contribution in [3.8, 4) is 11.1 Å². The number of piperazine rings is 1. The molecule has 11 heteroatoms. The predicted octanol–water partition coefficient (Wildman–Crippen LogP) is 6.77. The van der Waals surface area contributed by atoms with Crippen molar-refractivity contribution >= 4 is 46.0 Å². The first-order chi connectivity index (χ1) is 21.6. The van der Waals surface area contributed by atoms with E-state index >= 15 is 4.39 Å². The fraction of sp³-hybridized carbons (Fsp3) is 0.500. The molecule has 2 saturated heterocycles. The van der Waals surface area contributed by atoms with Crippen LogP contribution in [-0.4, -0.2) is 75.8 Å². The lowest BCUT2D eigenvalue weighted by Gasteiger charge is -2.41. The fourth-order valence-corrected chi connectivity index (χ4v) is 9.25. The molecule has 2 fully saturated rings. The zero-order valence-corrected chi connectivity index (χ0v) is 27.6. The highest BCUT2D eigenvalue weighted by Crippen LogP contribution is 2.48. The van der Waals surface area contributed by atoms with Gasteiger partial charge in [0.2, 0.25) is 5.91 Å². The van der Waals surface area contributed by atoms with Crippen molar-refractivity contribution in [2.75, 3.05) is 43.4 Å². The molecule has 0 aliphatic carbocycles. The maximum absolute atomic E-state index is 15.2. The van der Waals surface area contributed by atoms with Gasteiger partial charge in [0.05, 0.1) is 10.5 Å². The van der Waals surface area contributed by atoms with Crippen molar-refractivity contribution in [1.82, 2.24) is 19.4 Å². The van der Waals surface area contributed by atoms with Crippen LogP contribution >= 0.6 is 23.4 Å². The minimum atomic E-state index is -0.708. The number of thioether (sulfide) groups is 1. The number of anilines is 1. The van der Waals surface area contributed by atoms with Gasteiger partial charge in [-0.05, 0) is 69.3 Å². The second kappa shape index (κ2) is 13.0. The van der Waals surface area contributed by atoms with Gasteiger partial charge in [-0.15, -0.1) is 11.8 Å². The Morgan fingerprint density at radius 2 is 1.98 bits per heavy atom. The Bertz CT molecular complexity index is 1700. The third kappa shape index (κ3) is 6.01. The van der Waals surface area contributed by atoms with Crippen LogP contribution in [-0.2, 0) is 4.79 Å². The van der Waals surface area contributed by atoms with E-state index in [1.807, 2.05) is 6.92 Å². The topological polar surface area (TPSA) is 61.7 Å². The van der Waals surface area contributed by atoms with Crippen LogP contribution < -0.4 is 10.6 Å². The van der Waals surface area contributed by atoms with E-state index in [4.69, 9.17) is 11.6 Å². The monoisotopic (exact) mass is 655 g/mol. The molecule has 0 N–H and O–H groups in total. The van der Waals surface area contributed by atoms with E-state index in [2.05, 4.69) is 35.2 Å². The molecule has 6 rings (SSSR count). The molecule has 45 heavy (non-hydrogen) atoms. The molecule has 0 spiro atoms. The molecule has 1 unspecified atom stereocenters. The SMILES string of the molecule is C=CC(=O)N1CCN(c2nc(=O)n3c4c(c(-c5ccc(F)cc5F)c(Cl)cc24)SC[C@@H]3CCCN2CC(C)C[C@H]2CC)[C@@H](C)C1. The van der Waals surface area contributed by atoms with Gasteiger partial charge in [-0.3, -0.25) is 9.36 Å². The van der Waals surface area contributed by atoms with Crippen LogP contribution in [0.15, 0.2) is 46.6 Å². The zero-order valence-electron chi connectivity index (χ0n) is 26.1. The van der Waals surface area contributed by atoms with Crippen molar-refractivity contribution in [3.63, 3.8) is 0 Å². The van der Waals surface area contributed by atoms with Crippen LogP contribution in [0.2, 0.25) is 5.02 Å². The first-order valence-electron chi connectivity index (χ1n) is 15.9. The van der Waals surface area contributed by atoms with Crippen molar-refractivity contribution in [3.05, 3.63) is 64.1 Å². The van der Waals surface area contributed by atoms with E-state index in [-0.39, 0.29) is 29.2 Å². The number of amides is 1. The molecule has 4 heterocycles. The summed E-state index contributed by atoms with van der Waals surface area (Å²) in [6.07, 6.45) is 5.44. The lowest BCUT2D eigenvalue weighted by atomic mass is 10.0. The lowest BCUT2D eigenvalue weighted by molar-refractivity contribution is -0.126. The summed E-state index contributed by atoms with van der Waals surface area (Å²) in [6.45, 7) is 13.7. The van der Waals surface area contributed by atoms with Gasteiger partial charge >= 0.3 is 5.69 Å². The van der Waals surface area contributed by atoms with Gasteiger partial charge in [0, 0.05) is 77.5 Å². The van der Waals surface area contributed by atoms with Crippen molar-refractivity contribution in [1.29, 1.82) is 0 Å². The summed E-state index contributed by atoms with van der Waals surface area (Å²) < 4.78 is 30.9. The molecule has 4 atom stereocenters.